The van der Waals surface area contributed by atoms with Crippen molar-refractivity contribution < 1.29 is 18.3 Å². The molecule has 0 saturated carbocycles. The van der Waals surface area contributed by atoms with Gasteiger partial charge in [0.2, 0.25) is 0 Å². The fourth-order valence-electron chi connectivity index (χ4n) is 0.905. The molecule has 3 N–H and O–H groups in total. The van der Waals surface area contributed by atoms with Gasteiger partial charge in [-0.3, -0.25) is 0 Å². The highest BCUT2D eigenvalue weighted by Crippen LogP contribution is 2.19. The molecule has 0 aromatic carbocycles. The molecule has 1 heterocycles. The number of aliphatic carboxylic acids is 1. The quantitative estimate of drug-likeness (QED) is 0.656. The highest BCUT2D eigenvalue weighted by molar-refractivity contribution is 7.91. The monoisotopic (exact) mass is 277 g/mol. The minimum Gasteiger partial charge on any atom is -0.478 e. The molecule has 9 heteroatoms. The molecule has 0 aliphatic rings. The molecular formula is C8H11N3O4S2. The third-order valence-corrected chi connectivity index (χ3v) is 3.61. The van der Waals surface area contributed by atoms with Crippen LogP contribution in [0, 0.1) is 0 Å². The lowest BCUT2D eigenvalue weighted by molar-refractivity contribution is -0.131. The summed E-state index contributed by atoms with van der Waals surface area (Å²) in [5.74, 6) is -1.08. The van der Waals surface area contributed by atoms with Crippen LogP contribution < -0.4 is 9.44 Å². The summed E-state index contributed by atoms with van der Waals surface area (Å²) >= 11 is 1.04. The molecule has 1 rings (SSSR count). The molecule has 17 heavy (non-hydrogen) atoms. The number of aromatic nitrogens is 1. The van der Waals surface area contributed by atoms with E-state index in [0.717, 1.165) is 17.4 Å². The van der Waals surface area contributed by atoms with Crippen LogP contribution >= 0.6 is 11.3 Å². The third kappa shape index (κ3) is 4.93. The zero-order chi connectivity index (χ0) is 12.9. The summed E-state index contributed by atoms with van der Waals surface area (Å²) in [6.07, 6.45) is 3.68. The van der Waals surface area contributed by atoms with Crippen molar-refractivity contribution in [3.8, 4) is 0 Å². The van der Waals surface area contributed by atoms with E-state index in [2.05, 4.69) is 14.4 Å². The first-order valence-corrected chi connectivity index (χ1v) is 6.87. The smallest absolute Gasteiger partial charge is 0.328 e. The maximum absolute atomic E-state index is 11.3. The van der Waals surface area contributed by atoms with Crippen LogP contribution in [0.3, 0.4) is 0 Å². The first kappa shape index (κ1) is 13.6. The number of carboxylic acids is 1. The molecule has 1 aromatic heterocycles. The minimum atomic E-state index is -3.60. The molecule has 0 saturated heterocycles. The topological polar surface area (TPSA) is 108 Å². The van der Waals surface area contributed by atoms with Crippen LogP contribution in [0.1, 0.15) is 11.8 Å². The Morgan fingerprint density at radius 3 is 2.94 bits per heavy atom. The Kier molecular flexibility index (Phi) is 4.61. The van der Waals surface area contributed by atoms with Crippen molar-refractivity contribution in [3.05, 3.63) is 17.2 Å². The Morgan fingerprint density at radius 2 is 2.35 bits per heavy atom. The molecule has 0 atom stereocenters. The van der Waals surface area contributed by atoms with E-state index in [-0.39, 0.29) is 11.7 Å². The summed E-state index contributed by atoms with van der Waals surface area (Å²) in [6.45, 7) is 1.93. The van der Waals surface area contributed by atoms with Crippen molar-refractivity contribution in [2.24, 2.45) is 0 Å². The molecule has 0 spiro atoms. The second-order valence-electron chi connectivity index (χ2n) is 2.84. The van der Waals surface area contributed by atoms with Crippen molar-refractivity contribution in [1.29, 1.82) is 0 Å². The van der Waals surface area contributed by atoms with Crippen LogP contribution in [0.4, 0.5) is 5.13 Å². The number of hydrogen-bond donors (Lipinski definition) is 3. The molecular weight excluding hydrogens is 266 g/mol. The van der Waals surface area contributed by atoms with Crippen LogP contribution in [0.25, 0.3) is 6.08 Å². The molecule has 0 amide bonds. The van der Waals surface area contributed by atoms with Gasteiger partial charge in [0, 0.05) is 23.7 Å². The van der Waals surface area contributed by atoms with Crippen LogP contribution in [0.15, 0.2) is 12.3 Å². The summed E-state index contributed by atoms with van der Waals surface area (Å²) in [4.78, 5) is 14.6. The van der Waals surface area contributed by atoms with E-state index in [0.29, 0.717) is 4.88 Å². The van der Waals surface area contributed by atoms with Gasteiger partial charge < -0.3 is 5.11 Å². The lowest BCUT2D eigenvalue weighted by Crippen LogP contribution is -2.29. The van der Waals surface area contributed by atoms with Crippen LogP contribution in [-0.2, 0) is 15.0 Å². The highest BCUT2D eigenvalue weighted by atomic mass is 32.2. The number of carbonyl (C=O) groups is 1. The third-order valence-electron chi connectivity index (χ3n) is 1.47. The summed E-state index contributed by atoms with van der Waals surface area (Å²) in [5.41, 5.74) is 0. The van der Waals surface area contributed by atoms with Gasteiger partial charge in [-0.2, -0.15) is 13.1 Å². The van der Waals surface area contributed by atoms with Crippen molar-refractivity contribution in [2.45, 2.75) is 6.92 Å². The Bertz CT molecular complexity index is 521. The molecule has 0 radical (unpaired) electrons. The van der Waals surface area contributed by atoms with Gasteiger partial charge in [0.25, 0.3) is 0 Å². The number of anilines is 1. The predicted octanol–water partition coefficient (Wildman–Crippen LogP) is 0.507. The van der Waals surface area contributed by atoms with E-state index >= 15 is 0 Å². The maximum atomic E-state index is 11.3. The number of nitrogens with one attached hydrogen (secondary N) is 2. The number of carboxylic acid groups (broad SMARTS) is 1. The standard InChI is InChI=1S/C8H11N3O4S2/c1-2-10-17(14,15)11-8-9-5-6(16-8)3-4-7(12)13/h3-5,10H,2H2,1H3,(H,9,11)(H,12,13)/b4-3+. The largest absolute Gasteiger partial charge is 0.478 e. The zero-order valence-electron chi connectivity index (χ0n) is 8.87. The second kappa shape index (κ2) is 5.75. The molecule has 7 nitrogen and oxygen atoms in total. The van der Waals surface area contributed by atoms with Gasteiger partial charge in [-0.05, 0) is 6.08 Å². The summed E-state index contributed by atoms with van der Waals surface area (Å²) in [7, 11) is -3.60. The van der Waals surface area contributed by atoms with Crippen LogP contribution in [-0.4, -0.2) is 31.0 Å². The van der Waals surface area contributed by atoms with E-state index in [9.17, 15) is 13.2 Å². The number of thiazole rings is 1. The van der Waals surface area contributed by atoms with Gasteiger partial charge in [0.1, 0.15) is 0 Å². The van der Waals surface area contributed by atoms with Gasteiger partial charge in [0.15, 0.2) is 5.13 Å². The van der Waals surface area contributed by atoms with E-state index in [1.165, 1.54) is 12.3 Å². The van der Waals surface area contributed by atoms with E-state index in [1.54, 1.807) is 6.92 Å². The van der Waals surface area contributed by atoms with Crippen molar-refractivity contribution >= 4 is 38.7 Å². The fourth-order valence-corrected chi connectivity index (χ4v) is 2.71. The Labute approximate surface area is 102 Å². The first-order valence-electron chi connectivity index (χ1n) is 4.57. The van der Waals surface area contributed by atoms with E-state index in [1.807, 2.05) is 0 Å². The summed E-state index contributed by atoms with van der Waals surface area (Å²) in [5, 5.41) is 8.59. The van der Waals surface area contributed by atoms with Crippen LogP contribution in [0.2, 0.25) is 0 Å². The second-order valence-corrected chi connectivity index (χ2v) is 5.40. The zero-order valence-corrected chi connectivity index (χ0v) is 10.5. The number of rotatable bonds is 6. The van der Waals surface area contributed by atoms with Crippen molar-refractivity contribution in [2.75, 3.05) is 11.3 Å². The van der Waals surface area contributed by atoms with Crippen molar-refractivity contribution in [3.63, 3.8) is 0 Å². The Hall–Kier alpha value is -1.45. The van der Waals surface area contributed by atoms with Crippen LogP contribution in [0.5, 0.6) is 0 Å². The lowest BCUT2D eigenvalue weighted by atomic mass is 10.4. The van der Waals surface area contributed by atoms with Gasteiger partial charge >= 0.3 is 16.2 Å². The Balaban J connectivity index is 2.72. The number of hydrogen-bond acceptors (Lipinski definition) is 5. The average Bonchev–Trinajstić information content (AvgIpc) is 2.61. The van der Waals surface area contributed by atoms with Gasteiger partial charge in [0.05, 0.1) is 0 Å². The average molecular weight is 277 g/mol. The minimum absolute atomic E-state index is 0.177. The fraction of sp³-hybridized carbons (Fsp3) is 0.250. The van der Waals surface area contributed by atoms with Gasteiger partial charge in [-0.15, -0.1) is 0 Å². The maximum Gasteiger partial charge on any atom is 0.328 e. The Morgan fingerprint density at radius 1 is 1.65 bits per heavy atom. The van der Waals surface area contributed by atoms with Crippen molar-refractivity contribution in [1.82, 2.24) is 9.71 Å². The van der Waals surface area contributed by atoms with E-state index < -0.39 is 16.2 Å². The first-order chi connectivity index (χ1) is 7.93. The molecule has 0 fully saturated rings. The molecule has 0 aliphatic carbocycles. The number of nitrogens with zero attached hydrogens (tertiary/aromatic N) is 1. The van der Waals surface area contributed by atoms with Gasteiger partial charge in [-0.25, -0.2) is 14.5 Å². The summed E-state index contributed by atoms with van der Waals surface area (Å²) in [6, 6.07) is 0. The summed E-state index contributed by atoms with van der Waals surface area (Å²) < 4.78 is 27.1. The van der Waals surface area contributed by atoms with E-state index in [4.69, 9.17) is 5.11 Å². The normalized spacial score (nSPS) is 11.8. The SMILES string of the molecule is CCNS(=O)(=O)Nc1ncc(/C=C/C(=O)O)s1. The lowest BCUT2D eigenvalue weighted by Gasteiger charge is -2.03. The predicted molar refractivity (Wildman–Crippen MR) is 65.0 cm³/mol. The molecule has 0 bridgehead atoms. The molecule has 0 aliphatic heterocycles. The highest BCUT2D eigenvalue weighted by Gasteiger charge is 2.10. The molecule has 1 aromatic rings. The molecule has 0 unspecified atom stereocenters. The van der Waals surface area contributed by atoms with Gasteiger partial charge in [-0.1, -0.05) is 18.3 Å². The molecule has 94 valence electrons.